The Labute approximate surface area is 146 Å². The van der Waals surface area contributed by atoms with Gasteiger partial charge in [0.25, 0.3) is 5.91 Å². The number of amides is 1. The summed E-state index contributed by atoms with van der Waals surface area (Å²) in [5.74, 6) is 1.10. The van der Waals surface area contributed by atoms with Gasteiger partial charge in [-0.1, -0.05) is 18.5 Å². The van der Waals surface area contributed by atoms with Gasteiger partial charge in [-0.2, -0.15) is 0 Å². The molecule has 24 heavy (non-hydrogen) atoms. The highest BCUT2D eigenvalue weighted by Crippen LogP contribution is 2.24. The molecule has 2 heterocycles. The zero-order valence-corrected chi connectivity index (χ0v) is 14.5. The van der Waals surface area contributed by atoms with E-state index in [1.165, 1.54) is 18.2 Å². The lowest BCUT2D eigenvalue weighted by atomic mass is 9.96. The number of halogens is 2. The van der Waals surface area contributed by atoms with Gasteiger partial charge in [0.15, 0.2) is 0 Å². The molecule has 1 aliphatic heterocycles. The Morgan fingerprint density at radius 1 is 1.38 bits per heavy atom. The summed E-state index contributed by atoms with van der Waals surface area (Å²) in [5, 5.41) is 0.174. The summed E-state index contributed by atoms with van der Waals surface area (Å²) in [7, 11) is 0. The third kappa shape index (κ3) is 3.61. The molecule has 0 bridgehead atoms. The van der Waals surface area contributed by atoms with Crippen molar-refractivity contribution in [3.8, 4) is 0 Å². The summed E-state index contributed by atoms with van der Waals surface area (Å²) >= 11 is 6.00. The van der Waals surface area contributed by atoms with Gasteiger partial charge in [0, 0.05) is 38.4 Å². The number of aromatic nitrogens is 2. The topological polar surface area (TPSA) is 38.1 Å². The summed E-state index contributed by atoms with van der Waals surface area (Å²) in [5.41, 5.74) is 0.374. The van der Waals surface area contributed by atoms with Gasteiger partial charge in [-0.3, -0.25) is 4.79 Å². The lowest BCUT2D eigenvalue weighted by Crippen LogP contribution is -2.39. The normalized spacial score (nSPS) is 15.7. The molecule has 1 fully saturated rings. The van der Waals surface area contributed by atoms with Crippen LogP contribution in [-0.4, -0.2) is 33.4 Å². The van der Waals surface area contributed by atoms with Crippen molar-refractivity contribution < 1.29 is 9.18 Å². The van der Waals surface area contributed by atoms with Crippen LogP contribution in [0.4, 0.5) is 4.39 Å². The number of nitrogens with zero attached hydrogens (tertiary/aromatic N) is 3. The molecule has 0 atom stereocenters. The Balaban J connectivity index is 1.59. The van der Waals surface area contributed by atoms with E-state index in [1.807, 2.05) is 17.3 Å². The van der Waals surface area contributed by atoms with Gasteiger partial charge in [-0.05, 0) is 37.0 Å². The van der Waals surface area contributed by atoms with Crippen LogP contribution in [0.2, 0.25) is 5.02 Å². The van der Waals surface area contributed by atoms with Crippen LogP contribution < -0.4 is 0 Å². The van der Waals surface area contributed by atoms with Gasteiger partial charge in [0.05, 0.1) is 10.6 Å². The number of carbonyl (C=O) groups is 1. The summed E-state index contributed by atoms with van der Waals surface area (Å²) in [4.78, 5) is 18.7. The summed E-state index contributed by atoms with van der Waals surface area (Å²) in [6, 6.07) is 3.93. The van der Waals surface area contributed by atoms with Gasteiger partial charge in [-0.15, -0.1) is 0 Å². The molecule has 1 aromatic heterocycles. The van der Waals surface area contributed by atoms with Crippen LogP contribution in [0.3, 0.4) is 0 Å². The Kier molecular flexibility index (Phi) is 5.19. The second-order valence-electron chi connectivity index (χ2n) is 6.21. The van der Waals surface area contributed by atoms with E-state index in [2.05, 4.69) is 16.5 Å². The van der Waals surface area contributed by atoms with Crippen molar-refractivity contribution in [2.45, 2.75) is 32.7 Å². The van der Waals surface area contributed by atoms with E-state index in [-0.39, 0.29) is 10.9 Å². The first-order valence-corrected chi connectivity index (χ1v) is 8.70. The molecular formula is C18H21ClFN3O. The molecule has 128 valence electrons. The van der Waals surface area contributed by atoms with Crippen molar-refractivity contribution in [2.24, 2.45) is 5.92 Å². The molecule has 0 saturated carbocycles. The lowest BCUT2D eigenvalue weighted by molar-refractivity contribution is 0.0682. The molecule has 0 spiro atoms. The van der Waals surface area contributed by atoms with Crippen molar-refractivity contribution >= 4 is 17.5 Å². The number of carbonyl (C=O) groups excluding carboxylic acids is 1. The first kappa shape index (κ1) is 17.0. The van der Waals surface area contributed by atoms with Crippen LogP contribution in [0.25, 0.3) is 0 Å². The van der Waals surface area contributed by atoms with Crippen LogP contribution in [0.5, 0.6) is 0 Å². The predicted molar refractivity (Wildman–Crippen MR) is 91.6 cm³/mol. The first-order valence-electron chi connectivity index (χ1n) is 8.32. The van der Waals surface area contributed by atoms with E-state index in [1.54, 1.807) is 0 Å². The zero-order valence-electron chi connectivity index (χ0n) is 13.7. The fraction of sp³-hybridized carbons (Fsp3) is 0.444. The fourth-order valence-corrected chi connectivity index (χ4v) is 3.50. The highest BCUT2D eigenvalue weighted by molar-refractivity contribution is 6.33. The average molecular weight is 350 g/mol. The van der Waals surface area contributed by atoms with Crippen LogP contribution in [0, 0.1) is 11.7 Å². The third-order valence-corrected chi connectivity index (χ3v) is 4.95. The molecule has 2 aromatic rings. The minimum atomic E-state index is -0.428. The molecule has 1 saturated heterocycles. The number of hydrogen-bond donors (Lipinski definition) is 0. The molecule has 1 amide bonds. The van der Waals surface area contributed by atoms with Crippen molar-refractivity contribution in [3.05, 3.63) is 52.8 Å². The van der Waals surface area contributed by atoms with E-state index < -0.39 is 5.82 Å². The molecule has 0 N–H and O–H groups in total. The Hall–Kier alpha value is -1.88. The monoisotopic (exact) mass is 349 g/mol. The van der Waals surface area contributed by atoms with E-state index in [4.69, 9.17) is 11.6 Å². The quantitative estimate of drug-likeness (QED) is 0.842. The number of rotatable bonds is 4. The molecule has 0 unspecified atom stereocenters. The number of likely N-dealkylation sites (tertiary alicyclic amines) is 1. The molecule has 1 aliphatic rings. The number of aryl methyl sites for hydroxylation is 1. The van der Waals surface area contributed by atoms with Gasteiger partial charge in [-0.25, -0.2) is 9.37 Å². The summed E-state index contributed by atoms with van der Waals surface area (Å²) < 4.78 is 15.3. The van der Waals surface area contributed by atoms with Crippen LogP contribution in [-0.2, 0) is 13.0 Å². The van der Waals surface area contributed by atoms with E-state index in [0.29, 0.717) is 24.6 Å². The van der Waals surface area contributed by atoms with Gasteiger partial charge < -0.3 is 9.47 Å². The Morgan fingerprint density at radius 2 is 2.12 bits per heavy atom. The van der Waals surface area contributed by atoms with E-state index >= 15 is 0 Å². The highest BCUT2D eigenvalue weighted by atomic mass is 35.5. The number of benzene rings is 1. The smallest absolute Gasteiger partial charge is 0.255 e. The second kappa shape index (κ2) is 7.34. The van der Waals surface area contributed by atoms with Crippen LogP contribution in [0.15, 0.2) is 30.6 Å². The standard InChI is InChI=1S/C18H21ClFN3O/c1-2-17-21-7-10-23(17)12-13-5-8-22(9-6-13)18(24)15-4-3-14(20)11-16(15)19/h3-4,7,10-11,13H,2,5-6,8-9,12H2,1H3. The number of hydrogen-bond acceptors (Lipinski definition) is 2. The van der Waals surface area contributed by atoms with Crippen molar-refractivity contribution in [1.82, 2.24) is 14.5 Å². The Bertz CT molecular complexity index is 723. The predicted octanol–water partition coefficient (Wildman–Crippen LogP) is 3.79. The highest BCUT2D eigenvalue weighted by Gasteiger charge is 2.25. The lowest BCUT2D eigenvalue weighted by Gasteiger charge is -2.32. The first-order chi connectivity index (χ1) is 11.6. The average Bonchev–Trinajstić information content (AvgIpc) is 3.02. The minimum Gasteiger partial charge on any atom is -0.339 e. The van der Waals surface area contributed by atoms with Gasteiger partial charge in [0.2, 0.25) is 0 Å². The zero-order chi connectivity index (χ0) is 17.1. The molecule has 4 nitrogen and oxygen atoms in total. The maximum atomic E-state index is 13.1. The van der Waals surface area contributed by atoms with Crippen molar-refractivity contribution in [2.75, 3.05) is 13.1 Å². The number of imidazole rings is 1. The van der Waals surface area contributed by atoms with Crippen molar-refractivity contribution in [3.63, 3.8) is 0 Å². The molecule has 3 rings (SSSR count). The van der Waals surface area contributed by atoms with Gasteiger partial charge >= 0.3 is 0 Å². The summed E-state index contributed by atoms with van der Waals surface area (Å²) in [6.07, 6.45) is 6.69. The third-order valence-electron chi connectivity index (χ3n) is 4.64. The number of piperidine rings is 1. The minimum absolute atomic E-state index is 0.115. The SMILES string of the molecule is CCc1nccn1CC1CCN(C(=O)c2ccc(F)cc2Cl)CC1. The fourth-order valence-electron chi connectivity index (χ4n) is 3.25. The summed E-state index contributed by atoms with van der Waals surface area (Å²) in [6.45, 7) is 4.45. The van der Waals surface area contributed by atoms with E-state index in [9.17, 15) is 9.18 Å². The van der Waals surface area contributed by atoms with Gasteiger partial charge in [0.1, 0.15) is 11.6 Å². The molecular weight excluding hydrogens is 329 g/mol. The van der Waals surface area contributed by atoms with Crippen LogP contribution in [0.1, 0.15) is 35.9 Å². The maximum Gasteiger partial charge on any atom is 0.255 e. The molecule has 1 aromatic carbocycles. The molecule has 0 aliphatic carbocycles. The Morgan fingerprint density at radius 3 is 2.79 bits per heavy atom. The largest absolute Gasteiger partial charge is 0.339 e. The van der Waals surface area contributed by atoms with Crippen molar-refractivity contribution in [1.29, 1.82) is 0 Å². The maximum absolute atomic E-state index is 13.1. The second-order valence-corrected chi connectivity index (χ2v) is 6.62. The van der Waals surface area contributed by atoms with E-state index in [0.717, 1.165) is 31.6 Å². The van der Waals surface area contributed by atoms with Crippen LogP contribution >= 0.6 is 11.6 Å². The molecule has 6 heteroatoms. The molecule has 0 radical (unpaired) electrons.